The fraction of sp³-hybridized carbons (Fsp3) is 0.436. The number of hydrogen-bond donors (Lipinski definition) is 3. The minimum atomic E-state index is -0.745. The number of fused-ring (bicyclic) bond motifs is 20. The summed E-state index contributed by atoms with van der Waals surface area (Å²) in [5.74, 6) is 1.10. The van der Waals surface area contributed by atoms with Crippen LogP contribution in [0.3, 0.4) is 0 Å². The first-order valence-electron chi connectivity index (χ1n) is 35.0. The number of rotatable bonds is 14. The molecular formula is C78H82N8O18. The average molecular weight is 1420 g/mol. The predicted octanol–water partition coefficient (Wildman–Crippen LogP) is 9.19. The van der Waals surface area contributed by atoms with Crippen molar-refractivity contribution in [2.45, 2.75) is 153 Å². The monoisotopic (exact) mass is 1420 g/mol. The number of aliphatic carboxylic acids is 1. The zero-order chi connectivity index (χ0) is 73.8. The number of aromatic hydroxyl groups is 2. The molecule has 2 fully saturated rings. The third-order valence-corrected chi connectivity index (χ3v) is 22.5. The molecule has 26 nitrogen and oxygen atoms in total. The second-order valence-corrected chi connectivity index (χ2v) is 28.0. The number of likely N-dealkylation sites (N-methyl/N-ethyl adjacent to an activating group) is 2. The molecule has 10 atom stereocenters. The number of carboxylic acid groups (broad SMARTS) is 1. The molecule has 6 aromatic rings. The maximum Gasteiger partial charge on any atom is 0.311 e. The molecule has 4 amide bonds. The normalized spacial score (nSPS) is 24.0. The average Bonchev–Trinajstić information content (AvgIpc) is 0.876. The number of piperazine rings is 2. The number of carbonyl (C=O) groups is 6. The smallest absolute Gasteiger partial charge is 0.311 e. The summed E-state index contributed by atoms with van der Waals surface area (Å²) in [5.41, 5.74) is 10.4. The van der Waals surface area contributed by atoms with Crippen molar-refractivity contribution in [1.82, 2.24) is 29.4 Å². The fourth-order valence-electron chi connectivity index (χ4n) is 18.1. The van der Waals surface area contributed by atoms with Crippen molar-refractivity contribution in [2.24, 2.45) is 0 Å². The van der Waals surface area contributed by atoms with Crippen molar-refractivity contribution in [1.29, 1.82) is 10.5 Å². The summed E-state index contributed by atoms with van der Waals surface area (Å²) in [6, 6.07) is 18.0. The molecule has 0 radical (unpaired) electrons. The van der Waals surface area contributed by atoms with Crippen molar-refractivity contribution in [3.05, 3.63) is 150 Å². The van der Waals surface area contributed by atoms with E-state index >= 15 is 0 Å². The molecule has 26 heteroatoms. The highest BCUT2D eigenvalue weighted by molar-refractivity contribution is 6.22. The first kappa shape index (κ1) is 70.6. The van der Waals surface area contributed by atoms with Gasteiger partial charge in [0.1, 0.15) is 23.6 Å². The quantitative estimate of drug-likeness (QED) is 0.0396. The third-order valence-electron chi connectivity index (χ3n) is 22.5. The van der Waals surface area contributed by atoms with Crippen LogP contribution in [0.1, 0.15) is 172 Å². The van der Waals surface area contributed by atoms with E-state index in [0.717, 1.165) is 34.2 Å². The number of imide groups is 2. The minimum Gasteiger partial charge on any atom is -0.507 e. The molecule has 10 aliphatic heterocycles. The largest absolute Gasteiger partial charge is 0.507 e. The van der Waals surface area contributed by atoms with Gasteiger partial charge in [-0.15, -0.1) is 0 Å². The molecule has 0 unspecified atom stereocenters. The number of aryl methyl sites for hydroxylation is 2. The van der Waals surface area contributed by atoms with Gasteiger partial charge in [0.05, 0.1) is 72.8 Å². The van der Waals surface area contributed by atoms with Gasteiger partial charge in [-0.25, -0.2) is 0 Å². The number of benzene rings is 6. The molecule has 10 heterocycles. The molecule has 10 aliphatic rings. The van der Waals surface area contributed by atoms with E-state index < -0.39 is 71.8 Å². The van der Waals surface area contributed by atoms with Gasteiger partial charge in [-0.2, -0.15) is 10.5 Å². The lowest BCUT2D eigenvalue weighted by molar-refractivity contribution is -0.137. The number of phenolic OH excluding ortho intramolecular Hbond substituents is 2. The number of phenols is 2. The first-order valence-corrected chi connectivity index (χ1v) is 35.0. The highest BCUT2D eigenvalue weighted by Gasteiger charge is 2.60. The van der Waals surface area contributed by atoms with E-state index in [1.165, 1.54) is 16.9 Å². The van der Waals surface area contributed by atoms with Gasteiger partial charge in [-0.3, -0.25) is 58.2 Å². The Morgan fingerprint density at radius 3 is 1.44 bits per heavy atom. The third kappa shape index (κ3) is 11.0. The summed E-state index contributed by atoms with van der Waals surface area (Å²) < 4.78 is 53.3. The Labute approximate surface area is 601 Å². The number of hydrogen-bond acceptors (Lipinski definition) is 23. The lowest BCUT2D eigenvalue weighted by Crippen LogP contribution is -2.69. The zero-order valence-corrected chi connectivity index (χ0v) is 59.8. The molecule has 4 bridgehead atoms. The number of ether oxygens (including phenoxy) is 9. The second-order valence-electron chi connectivity index (χ2n) is 28.0. The summed E-state index contributed by atoms with van der Waals surface area (Å²) in [6.07, 6.45) is 3.54. The Kier molecular flexibility index (Phi) is 18.7. The van der Waals surface area contributed by atoms with Gasteiger partial charge in [-0.05, 0) is 127 Å². The highest BCUT2D eigenvalue weighted by Crippen LogP contribution is 2.62. The molecule has 16 rings (SSSR count). The van der Waals surface area contributed by atoms with Gasteiger partial charge >= 0.3 is 11.9 Å². The Morgan fingerprint density at radius 1 is 0.548 bits per heavy atom. The van der Waals surface area contributed by atoms with Crippen LogP contribution in [0, 0.1) is 50.4 Å². The first-order chi connectivity index (χ1) is 50.1. The SMILES string of the molecule is CCCC(=O)O.CCCC(=O)Oc1c(C)c2c(c3c1C[C@H]1[C@H]4c5c(cc(C)c(OC)c5O)C[C@@H]([C@H](C#N)N1[C@H]3CN1C(=O)c3ccccc3C1=O)N4C)OCO2.COCOc1c(OC)c(C)cc2c1[C@@H]1[C@@H]3Cc4c(O)c(C)c5c(c4[C@H](CN4C(=O)c6ccccc6C4=O)N3[C@@H](C#N)[C@H](C2)N1C)OCO5. The van der Waals surface area contributed by atoms with Crippen molar-refractivity contribution in [2.75, 3.05) is 68.9 Å². The Hall–Kier alpha value is -10.5. The van der Waals surface area contributed by atoms with Crippen molar-refractivity contribution in [3.8, 4) is 69.6 Å². The summed E-state index contributed by atoms with van der Waals surface area (Å²) in [5, 5.41) is 53.4. The minimum absolute atomic E-state index is 0.00990. The number of nitrogens with zero attached hydrogens (tertiary/aromatic N) is 8. The summed E-state index contributed by atoms with van der Waals surface area (Å²) in [4.78, 5) is 89.2. The van der Waals surface area contributed by atoms with E-state index in [2.05, 4.69) is 37.8 Å². The molecule has 0 aromatic heterocycles. The van der Waals surface area contributed by atoms with Gasteiger partial charge in [0, 0.05) is 102 Å². The van der Waals surface area contributed by atoms with Crippen molar-refractivity contribution in [3.63, 3.8) is 0 Å². The number of carboxylic acids is 1. The lowest BCUT2D eigenvalue weighted by Gasteiger charge is -2.60. The molecular weight excluding hydrogens is 1340 g/mol. The van der Waals surface area contributed by atoms with E-state index in [1.54, 1.807) is 69.7 Å². The van der Waals surface area contributed by atoms with E-state index in [4.69, 9.17) is 47.7 Å². The van der Waals surface area contributed by atoms with Crippen LogP contribution in [0.5, 0.6) is 57.5 Å². The number of carbonyl (C=O) groups excluding carboxylic acids is 5. The van der Waals surface area contributed by atoms with Gasteiger partial charge in [0.15, 0.2) is 52.8 Å². The fourth-order valence-corrected chi connectivity index (χ4v) is 18.1. The van der Waals surface area contributed by atoms with E-state index in [1.807, 2.05) is 54.8 Å². The van der Waals surface area contributed by atoms with Gasteiger partial charge in [0.25, 0.3) is 23.6 Å². The zero-order valence-electron chi connectivity index (χ0n) is 59.8. The summed E-state index contributed by atoms with van der Waals surface area (Å²) in [7, 11) is 8.69. The highest BCUT2D eigenvalue weighted by atomic mass is 16.7. The molecule has 3 N–H and O–H groups in total. The summed E-state index contributed by atoms with van der Waals surface area (Å²) in [6.45, 7) is 11.0. The van der Waals surface area contributed by atoms with Gasteiger partial charge < -0.3 is 58.0 Å². The maximum absolute atomic E-state index is 13.9. The topological polar surface area (TPSA) is 313 Å². The van der Waals surface area contributed by atoms with Gasteiger partial charge in [0.2, 0.25) is 13.6 Å². The van der Waals surface area contributed by atoms with Crippen LogP contribution in [-0.4, -0.2) is 185 Å². The number of amides is 4. The van der Waals surface area contributed by atoms with Crippen LogP contribution in [0.2, 0.25) is 0 Å². The van der Waals surface area contributed by atoms with Crippen LogP contribution in [0.4, 0.5) is 0 Å². The van der Waals surface area contributed by atoms with Crippen LogP contribution in [-0.2, 0) is 40.0 Å². The molecule has 0 spiro atoms. The van der Waals surface area contributed by atoms with Crippen LogP contribution in [0.15, 0.2) is 60.7 Å². The molecule has 0 aliphatic carbocycles. The van der Waals surface area contributed by atoms with Crippen LogP contribution >= 0.6 is 0 Å². The Balaban J connectivity index is 0.000000163. The Bertz CT molecular complexity index is 4630. The number of nitriles is 2. The predicted molar refractivity (Wildman–Crippen MR) is 372 cm³/mol. The molecule has 542 valence electrons. The maximum atomic E-state index is 13.9. The standard InChI is InChI=1S/C38H38N4O8.C36H36N4O8.C4H8O2/c1-6-9-28(43)50-34-19(3)35-36(49-17-48-35)30-23(34)14-25-31-29-20(12-18(2)33(47-5)32(29)44)13-24(40(31)4)26(15-39)42(25)27(30)16-41-37(45)21-10-7-8-11-22(21)38(41)46;1-17-10-19-11-23-25(13-37)40-24(29(38(23)3)27(19)33(31(17)45-5)46-15-44-4)12-22-28(34-32(47-16-48-34)18(2)30(22)41)26(40)14-39-35(42)20-8-6-7-9-21(20)36(39)43;1-2-3-4(5)6/h7-8,10-12,24-27,31,44H,6,9,13-14,16-17H2,1-5H3;6-10,23-26,29,41H,11-12,14-16H2,1-5H3;2-3H2,1H3,(H,5,6)/t24-,25-,26-,27-,31-;23-,24-,25-,26-,29-;/m00./s1. The second kappa shape index (κ2) is 27.6. The molecule has 6 aromatic carbocycles. The van der Waals surface area contributed by atoms with Crippen molar-refractivity contribution >= 4 is 35.6 Å². The van der Waals surface area contributed by atoms with E-state index in [-0.39, 0.29) is 75.6 Å². The Morgan fingerprint density at radius 2 is 0.990 bits per heavy atom. The summed E-state index contributed by atoms with van der Waals surface area (Å²) >= 11 is 0. The molecule has 0 saturated carbocycles. The molecule has 2 saturated heterocycles. The number of esters is 1. The molecule has 104 heavy (non-hydrogen) atoms. The van der Waals surface area contributed by atoms with Crippen LogP contribution in [0.25, 0.3) is 0 Å². The van der Waals surface area contributed by atoms with Crippen molar-refractivity contribution < 1.29 is 86.7 Å². The van der Waals surface area contributed by atoms with Gasteiger partial charge in [-0.1, -0.05) is 50.2 Å². The van der Waals surface area contributed by atoms with E-state index in [9.17, 15) is 49.5 Å². The lowest BCUT2D eigenvalue weighted by atomic mass is 9.71. The van der Waals surface area contributed by atoms with E-state index in [0.29, 0.717) is 146 Å². The van der Waals surface area contributed by atoms with Crippen LogP contribution < -0.4 is 37.9 Å². The number of methoxy groups -OCH3 is 3.